The van der Waals surface area contributed by atoms with Crippen LogP contribution in [0.5, 0.6) is 0 Å². The minimum Gasteiger partial charge on any atom is -1.00 e. The van der Waals surface area contributed by atoms with Gasteiger partial charge in [0.05, 0.1) is 0 Å². The Morgan fingerprint density at radius 2 is 1.04 bits per heavy atom. The summed E-state index contributed by atoms with van der Waals surface area (Å²) in [5.74, 6) is 0.450. The van der Waals surface area contributed by atoms with Gasteiger partial charge in [-0.3, -0.25) is 0 Å². The van der Waals surface area contributed by atoms with Gasteiger partial charge in [-0.2, -0.15) is 0 Å². The van der Waals surface area contributed by atoms with Gasteiger partial charge in [0.25, 0.3) is 0 Å². The van der Waals surface area contributed by atoms with Crippen LogP contribution in [-0.2, 0) is 32.1 Å². The summed E-state index contributed by atoms with van der Waals surface area (Å²) in [6.45, 7) is 27.0. The Balaban J connectivity index is 0.00000232. The molecule has 0 saturated heterocycles. The summed E-state index contributed by atoms with van der Waals surface area (Å²) in [5, 5.41) is 1.68. The number of rotatable bonds is 5. The van der Waals surface area contributed by atoms with Crippen molar-refractivity contribution < 1.29 is 46.1 Å². The van der Waals surface area contributed by atoms with E-state index in [1.165, 1.54) is 55.7 Å². The molecule has 0 saturated carbocycles. The van der Waals surface area contributed by atoms with E-state index < -0.39 is 29.3 Å². The fourth-order valence-electron chi connectivity index (χ4n) is 10.1. The van der Waals surface area contributed by atoms with E-state index in [9.17, 15) is 0 Å². The van der Waals surface area contributed by atoms with E-state index in [1.54, 1.807) is 28.4 Å². The predicted octanol–water partition coefficient (Wildman–Crippen LogP) is 6.77. The third-order valence-electron chi connectivity index (χ3n) is 12.1. The number of hydrogen-bond donors (Lipinski definition) is 0. The van der Waals surface area contributed by atoms with Gasteiger partial charge in [-0.15, -0.1) is 0 Å². The normalized spacial score (nSPS) is 18.9. The molecule has 4 heteroatoms. The molecule has 0 heterocycles. The van der Waals surface area contributed by atoms with Gasteiger partial charge in [-0.05, 0) is 0 Å². The van der Waals surface area contributed by atoms with Gasteiger partial charge < -0.3 is 24.8 Å². The van der Waals surface area contributed by atoms with Crippen molar-refractivity contribution in [3.05, 3.63) is 162 Å². The summed E-state index contributed by atoms with van der Waals surface area (Å²) in [7, 11) is -1.56. The molecule has 0 nitrogen and oxygen atoms in total. The molecule has 0 aromatic heterocycles. The molecule has 1 unspecified atom stereocenters. The van der Waals surface area contributed by atoms with Crippen molar-refractivity contribution in [2.45, 2.75) is 89.5 Å². The van der Waals surface area contributed by atoms with Crippen LogP contribution in [0, 0.1) is 5.92 Å². The summed E-state index contributed by atoms with van der Waals surface area (Å²) in [6, 6.07) is 33.6. The molecule has 4 aliphatic carbocycles. The van der Waals surface area contributed by atoms with E-state index in [1.807, 2.05) is 0 Å². The summed E-state index contributed by atoms with van der Waals surface area (Å²) >= 11 is -2.96. The molecule has 0 spiro atoms. The van der Waals surface area contributed by atoms with E-state index in [4.69, 9.17) is 0 Å². The van der Waals surface area contributed by atoms with E-state index in [0.29, 0.717) is 9.54 Å². The zero-order valence-corrected chi connectivity index (χ0v) is 37.7. The zero-order chi connectivity index (χ0) is 35.5. The molecule has 0 aliphatic heterocycles. The molecule has 266 valence electrons. The smallest absolute Gasteiger partial charge is 1.00 e. The molecule has 8 rings (SSSR count). The van der Waals surface area contributed by atoms with Gasteiger partial charge in [-0.25, -0.2) is 0 Å². The fourth-order valence-corrected chi connectivity index (χ4v) is 22.3. The maximum absolute atomic E-state index is 2.96. The Morgan fingerprint density at radius 3 is 1.42 bits per heavy atom. The van der Waals surface area contributed by atoms with Crippen LogP contribution in [0.2, 0.25) is 19.6 Å². The minimum atomic E-state index is -2.96. The zero-order valence-electron chi connectivity index (χ0n) is 32.7. The Labute approximate surface area is 334 Å². The molecule has 0 fully saturated rings. The molecule has 0 amide bonds. The first-order valence-electron chi connectivity index (χ1n) is 18.6. The molecule has 0 bridgehead atoms. The first-order chi connectivity index (χ1) is 23.6. The maximum atomic E-state index is 2.69. The van der Waals surface area contributed by atoms with Crippen LogP contribution in [0.4, 0.5) is 0 Å². The summed E-state index contributed by atoms with van der Waals surface area (Å²) < 4.78 is 3.83. The Hall–Kier alpha value is -2.61. The second-order valence-electron chi connectivity index (χ2n) is 17.7. The Bertz CT molecular complexity index is 2150. The van der Waals surface area contributed by atoms with Crippen molar-refractivity contribution in [2.24, 2.45) is 5.92 Å². The fraction of sp³-hybridized carbons (Fsp3) is 0.312. The van der Waals surface area contributed by atoms with Crippen molar-refractivity contribution in [1.29, 1.82) is 0 Å². The van der Waals surface area contributed by atoms with Crippen molar-refractivity contribution in [3.63, 3.8) is 0 Å². The van der Waals surface area contributed by atoms with E-state index in [-0.39, 0.29) is 35.6 Å². The number of benzene rings is 4. The third kappa shape index (κ3) is 6.09. The second kappa shape index (κ2) is 13.6. The van der Waals surface area contributed by atoms with Gasteiger partial charge in [0, 0.05) is 0 Å². The average Bonchev–Trinajstić information content (AvgIpc) is 3.69. The van der Waals surface area contributed by atoms with Crippen LogP contribution in [0.15, 0.2) is 117 Å². The molecular weight excluding hydrogens is 767 g/mol. The van der Waals surface area contributed by atoms with E-state index in [2.05, 4.69) is 178 Å². The van der Waals surface area contributed by atoms with Gasteiger partial charge in [-0.1, -0.05) is 0 Å². The molecule has 1 atom stereocenters. The predicted molar refractivity (Wildman–Crippen MR) is 216 cm³/mol. The molecule has 4 aliphatic rings. The van der Waals surface area contributed by atoms with Gasteiger partial charge in [0.2, 0.25) is 0 Å². The van der Waals surface area contributed by atoms with Gasteiger partial charge in [0.1, 0.15) is 0 Å². The summed E-state index contributed by atoms with van der Waals surface area (Å²) in [6.07, 6.45) is 7.70. The van der Waals surface area contributed by atoms with E-state index >= 15 is 0 Å². The topological polar surface area (TPSA) is 0 Å². The molecule has 52 heavy (non-hydrogen) atoms. The van der Waals surface area contributed by atoms with Gasteiger partial charge in [0.15, 0.2) is 0 Å². The maximum Gasteiger partial charge on any atom is -1.00 e. The number of fused-ring (bicyclic) bond motifs is 5. The molecule has 0 radical (unpaired) electrons. The third-order valence-corrected chi connectivity index (χ3v) is 23.5. The largest absolute Gasteiger partial charge is 1.00 e. The second-order valence-corrected chi connectivity index (χ2v) is 28.7. The van der Waals surface area contributed by atoms with Crippen LogP contribution in [0.25, 0.3) is 22.3 Å². The summed E-state index contributed by atoms with van der Waals surface area (Å²) in [4.78, 5) is 0. The first kappa shape index (κ1) is 39.1. The minimum absolute atomic E-state index is 0. The van der Waals surface area contributed by atoms with Crippen molar-refractivity contribution >= 4 is 22.4 Å². The van der Waals surface area contributed by atoms with Crippen LogP contribution in [0.1, 0.15) is 104 Å². The number of halogens is 2. The monoisotopic (exact) mass is 816 g/mol. The molecular formula is C48H52Cl2SiZr. The Morgan fingerprint density at radius 1 is 0.615 bits per heavy atom. The number of hydrogen-bond acceptors (Lipinski definition) is 0. The van der Waals surface area contributed by atoms with Crippen LogP contribution in [0.3, 0.4) is 0 Å². The molecule has 4 aromatic rings. The van der Waals surface area contributed by atoms with E-state index in [0.717, 1.165) is 0 Å². The quantitative estimate of drug-likeness (QED) is 0.195. The van der Waals surface area contributed by atoms with Crippen LogP contribution >= 0.6 is 0 Å². The average molecular weight is 819 g/mol. The molecule has 0 N–H and O–H groups in total. The summed E-state index contributed by atoms with van der Waals surface area (Å²) in [5.41, 5.74) is 19.4. The van der Waals surface area contributed by atoms with Crippen molar-refractivity contribution in [3.8, 4) is 11.1 Å². The van der Waals surface area contributed by atoms with Crippen LogP contribution < -0.4 is 24.8 Å². The Kier molecular flexibility index (Phi) is 10.2. The van der Waals surface area contributed by atoms with Crippen molar-refractivity contribution in [2.75, 3.05) is 0 Å². The SMILES string of the molecule is CC1=CC(C)(C)c2cc3c(cc21)-c1cc2c(cc1[CH]3[Zr+2]([C]1=C(C)C([Si](C)(C)C)=CC1C)=[C](c1ccccc1)c1ccccc1)C(C)(C)C=C2C.[Cl-].[Cl-]. The molecule has 4 aromatic carbocycles. The number of allylic oxidation sites excluding steroid dienone is 8. The standard InChI is InChI=1S/C25H25.C13H10.C10H17Si.2ClH.Zr/c1-14-12-24(3,4)22-8-16-7-17-9-23-19(15(2)13-25(23,5)6)11-21(17)20(16)10-18(14)22;1-3-7-12(8-4-1)11-13-9-5-2-6-10-13;1-8-6-9(2)10(7-8)11(3,4)5;;;/h7-13H,1-6H3;1-10H;7-8H,1-5H3;2*1H;/q;;;;;+2/p-2. The first-order valence-corrected chi connectivity index (χ1v) is 26.0. The van der Waals surface area contributed by atoms with Crippen molar-refractivity contribution in [1.82, 2.24) is 0 Å². The van der Waals surface area contributed by atoms with Gasteiger partial charge >= 0.3 is 312 Å². The van der Waals surface area contributed by atoms with Crippen LogP contribution in [-0.4, -0.2) is 11.3 Å².